The van der Waals surface area contributed by atoms with Gasteiger partial charge in [-0.15, -0.1) is 0 Å². The van der Waals surface area contributed by atoms with E-state index in [1.54, 1.807) is 14.2 Å². The van der Waals surface area contributed by atoms with Gasteiger partial charge in [-0.25, -0.2) is 0 Å². The Labute approximate surface area is 116 Å². The molecule has 2 heterocycles. The summed E-state index contributed by atoms with van der Waals surface area (Å²) in [4.78, 5) is 4.26. The van der Waals surface area contributed by atoms with Crippen molar-refractivity contribution in [1.29, 1.82) is 0 Å². The molecule has 0 spiro atoms. The molecule has 1 aliphatic rings. The zero-order valence-electron chi connectivity index (χ0n) is 11.3. The molecule has 0 radical (unpaired) electrons. The number of ether oxygens (including phenoxy) is 3. The van der Waals surface area contributed by atoms with Gasteiger partial charge >= 0.3 is 0 Å². The summed E-state index contributed by atoms with van der Waals surface area (Å²) in [5.74, 6) is 2.55. The minimum atomic E-state index is 0.321. The minimum absolute atomic E-state index is 0.321. The standard InChI is InChI=1S/C14H14N2O4/c1-17-8-13-15-14(20-16-13)10-5-9-6-11(18-2)3-4-12(9)19-7-10/h3-6H,7-8H2,1-2H3. The molecule has 0 amide bonds. The molecule has 1 aromatic carbocycles. The first-order valence-corrected chi connectivity index (χ1v) is 6.13. The SMILES string of the molecule is COCc1noc(C2=Cc3cc(OC)ccc3OC2)n1. The Morgan fingerprint density at radius 1 is 1.30 bits per heavy atom. The van der Waals surface area contributed by atoms with Gasteiger partial charge in [0.2, 0.25) is 0 Å². The zero-order chi connectivity index (χ0) is 13.9. The lowest BCUT2D eigenvalue weighted by molar-refractivity contribution is 0.174. The Morgan fingerprint density at radius 2 is 2.20 bits per heavy atom. The van der Waals surface area contributed by atoms with Gasteiger partial charge in [-0.2, -0.15) is 4.98 Å². The van der Waals surface area contributed by atoms with Crippen molar-refractivity contribution >= 4 is 11.6 Å². The van der Waals surface area contributed by atoms with E-state index < -0.39 is 0 Å². The van der Waals surface area contributed by atoms with Crippen molar-refractivity contribution < 1.29 is 18.7 Å². The molecule has 0 atom stereocenters. The van der Waals surface area contributed by atoms with E-state index in [1.807, 2.05) is 24.3 Å². The highest BCUT2D eigenvalue weighted by Crippen LogP contribution is 2.32. The van der Waals surface area contributed by atoms with E-state index in [0.29, 0.717) is 24.9 Å². The van der Waals surface area contributed by atoms with Gasteiger partial charge in [0.1, 0.15) is 24.7 Å². The van der Waals surface area contributed by atoms with Crippen LogP contribution in [0, 0.1) is 0 Å². The number of hydrogen-bond acceptors (Lipinski definition) is 6. The lowest BCUT2D eigenvalue weighted by atomic mass is 10.1. The van der Waals surface area contributed by atoms with Gasteiger partial charge in [0.25, 0.3) is 5.89 Å². The fourth-order valence-corrected chi connectivity index (χ4v) is 1.98. The van der Waals surface area contributed by atoms with Crippen LogP contribution in [0.15, 0.2) is 22.7 Å². The third-order valence-corrected chi connectivity index (χ3v) is 2.95. The normalized spacial score (nSPS) is 13.4. The first-order chi connectivity index (χ1) is 9.80. The summed E-state index contributed by atoms with van der Waals surface area (Å²) in [5, 5.41) is 3.84. The maximum Gasteiger partial charge on any atom is 0.257 e. The molecule has 6 heteroatoms. The molecule has 0 aliphatic carbocycles. The monoisotopic (exact) mass is 274 g/mol. The molecule has 0 saturated heterocycles. The van der Waals surface area contributed by atoms with Gasteiger partial charge < -0.3 is 18.7 Å². The van der Waals surface area contributed by atoms with Crippen molar-refractivity contribution in [1.82, 2.24) is 10.1 Å². The molecule has 104 valence electrons. The van der Waals surface area contributed by atoms with Crippen molar-refractivity contribution in [3.63, 3.8) is 0 Å². The average Bonchev–Trinajstić information content (AvgIpc) is 2.95. The number of hydrogen-bond donors (Lipinski definition) is 0. The summed E-state index contributed by atoms with van der Waals surface area (Å²) in [6.45, 7) is 0.718. The number of fused-ring (bicyclic) bond motifs is 1. The van der Waals surface area contributed by atoms with Crippen LogP contribution in [0.2, 0.25) is 0 Å². The molecule has 0 fully saturated rings. The smallest absolute Gasteiger partial charge is 0.257 e. The number of benzene rings is 1. The van der Waals surface area contributed by atoms with E-state index in [9.17, 15) is 0 Å². The van der Waals surface area contributed by atoms with Crippen molar-refractivity contribution in [3.8, 4) is 11.5 Å². The van der Waals surface area contributed by atoms with Crippen LogP contribution in [-0.4, -0.2) is 31.0 Å². The molecule has 20 heavy (non-hydrogen) atoms. The molecule has 0 N–H and O–H groups in total. The van der Waals surface area contributed by atoms with Gasteiger partial charge in [0, 0.05) is 12.7 Å². The van der Waals surface area contributed by atoms with Crippen LogP contribution in [0.1, 0.15) is 17.3 Å². The van der Waals surface area contributed by atoms with Crippen LogP contribution in [0.25, 0.3) is 11.6 Å². The lowest BCUT2D eigenvalue weighted by Crippen LogP contribution is -2.07. The predicted octanol–water partition coefficient (Wildman–Crippen LogP) is 2.16. The minimum Gasteiger partial charge on any atom is -0.497 e. The highest BCUT2D eigenvalue weighted by Gasteiger charge is 2.18. The average molecular weight is 274 g/mol. The van der Waals surface area contributed by atoms with Gasteiger partial charge in [-0.3, -0.25) is 0 Å². The first-order valence-electron chi connectivity index (χ1n) is 6.13. The summed E-state index contributed by atoms with van der Waals surface area (Å²) < 4.78 is 21.1. The third-order valence-electron chi connectivity index (χ3n) is 2.95. The van der Waals surface area contributed by atoms with Crippen molar-refractivity contribution in [3.05, 3.63) is 35.5 Å². The maximum absolute atomic E-state index is 5.68. The molecule has 6 nitrogen and oxygen atoms in total. The molecule has 2 aromatic rings. The molecular weight excluding hydrogens is 260 g/mol. The second kappa shape index (κ2) is 5.34. The van der Waals surface area contributed by atoms with E-state index in [0.717, 1.165) is 22.6 Å². The molecule has 3 rings (SSSR count). The van der Waals surface area contributed by atoms with Crippen LogP contribution in [0.5, 0.6) is 11.5 Å². The number of rotatable bonds is 4. The topological polar surface area (TPSA) is 66.6 Å². The van der Waals surface area contributed by atoms with Crippen molar-refractivity contribution in [2.24, 2.45) is 0 Å². The second-order valence-corrected chi connectivity index (χ2v) is 4.31. The molecule has 0 bridgehead atoms. The van der Waals surface area contributed by atoms with E-state index in [1.165, 1.54) is 0 Å². The van der Waals surface area contributed by atoms with E-state index in [-0.39, 0.29) is 0 Å². The van der Waals surface area contributed by atoms with Gasteiger partial charge in [0.05, 0.1) is 12.7 Å². The highest BCUT2D eigenvalue weighted by molar-refractivity contribution is 5.83. The van der Waals surface area contributed by atoms with Crippen molar-refractivity contribution in [2.75, 3.05) is 20.8 Å². The third kappa shape index (κ3) is 2.37. The quantitative estimate of drug-likeness (QED) is 0.851. The van der Waals surface area contributed by atoms with Gasteiger partial charge in [-0.05, 0) is 24.3 Å². The Bertz CT molecular complexity index is 648. The lowest BCUT2D eigenvalue weighted by Gasteiger charge is -2.16. The van der Waals surface area contributed by atoms with E-state index in [4.69, 9.17) is 18.7 Å². The largest absolute Gasteiger partial charge is 0.497 e. The molecule has 1 aromatic heterocycles. The second-order valence-electron chi connectivity index (χ2n) is 4.31. The van der Waals surface area contributed by atoms with E-state index in [2.05, 4.69) is 10.1 Å². The number of nitrogens with zero attached hydrogens (tertiary/aromatic N) is 2. The summed E-state index contributed by atoms with van der Waals surface area (Å²) in [5.41, 5.74) is 1.76. The maximum atomic E-state index is 5.68. The Morgan fingerprint density at radius 3 is 3.00 bits per heavy atom. The molecular formula is C14H14N2O4. The van der Waals surface area contributed by atoms with E-state index >= 15 is 0 Å². The Hall–Kier alpha value is -2.34. The zero-order valence-corrected chi connectivity index (χ0v) is 11.3. The molecule has 1 aliphatic heterocycles. The Balaban J connectivity index is 1.92. The molecule has 0 unspecified atom stereocenters. The van der Waals surface area contributed by atoms with Crippen LogP contribution >= 0.6 is 0 Å². The summed E-state index contributed by atoms with van der Waals surface area (Å²) >= 11 is 0. The number of aromatic nitrogens is 2. The molecule has 0 saturated carbocycles. The fourth-order valence-electron chi connectivity index (χ4n) is 1.98. The van der Waals surface area contributed by atoms with Crippen LogP contribution in [0.4, 0.5) is 0 Å². The predicted molar refractivity (Wildman–Crippen MR) is 71.4 cm³/mol. The van der Waals surface area contributed by atoms with Crippen LogP contribution < -0.4 is 9.47 Å². The summed E-state index contributed by atoms with van der Waals surface area (Å²) in [6, 6.07) is 5.65. The van der Waals surface area contributed by atoms with Gasteiger partial charge in [0.15, 0.2) is 5.82 Å². The first kappa shape index (κ1) is 12.7. The van der Waals surface area contributed by atoms with Crippen LogP contribution in [-0.2, 0) is 11.3 Å². The van der Waals surface area contributed by atoms with Crippen LogP contribution in [0.3, 0.4) is 0 Å². The van der Waals surface area contributed by atoms with Crippen molar-refractivity contribution in [2.45, 2.75) is 6.61 Å². The summed E-state index contributed by atoms with van der Waals surface area (Å²) in [7, 11) is 3.21. The Kier molecular flexibility index (Phi) is 3.39. The fraction of sp³-hybridized carbons (Fsp3) is 0.286. The summed E-state index contributed by atoms with van der Waals surface area (Å²) in [6.07, 6.45) is 1.96. The van der Waals surface area contributed by atoms with Gasteiger partial charge in [-0.1, -0.05) is 5.16 Å². The highest BCUT2D eigenvalue weighted by atomic mass is 16.5. The number of methoxy groups -OCH3 is 2.